The molecule has 0 aliphatic carbocycles. The lowest BCUT2D eigenvalue weighted by atomic mass is 10.1. The highest BCUT2D eigenvalue weighted by Crippen LogP contribution is 2.29. The summed E-state index contributed by atoms with van der Waals surface area (Å²) < 4.78 is 7.36. The van der Waals surface area contributed by atoms with Crippen molar-refractivity contribution >= 4 is 17.2 Å². The zero-order chi connectivity index (χ0) is 15.0. The molecule has 3 heterocycles. The molecule has 0 saturated carbocycles. The number of imidazole rings is 1. The minimum Gasteiger partial charge on any atom is -0.378 e. The summed E-state index contributed by atoms with van der Waals surface area (Å²) in [7, 11) is 1.68. The van der Waals surface area contributed by atoms with Gasteiger partial charge in [-0.15, -0.1) is 11.3 Å². The van der Waals surface area contributed by atoms with Crippen LogP contribution in [0.1, 0.15) is 39.7 Å². The van der Waals surface area contributed by atoms with Gasteiger partial charge in [0.2, 0.25) is 0 Å². The monoisotopic (exact) mass is 305 g/mol. The van der Waals surface area contributed by atoms with E-state index in [2.05, 4.69) is 9.55 Å². The van der Waals surface area contributed by atoms with Crippen LogP contribution in [0.3, 0.4) is 0 Å². The molecule has 0 aromatic carbocycles. The number of fused-ring (bicyclic) bond motifs is 1. The lowest BCUT2D eigenvalue weighted by molar-refractivity contribution is 0.0637. The van der Waals surface area contributed by atoms with Gasteiger partial charge in [-0.05, 0) is 30.9 Å². The number of methoxy groups -OCH3 is 1. The highest BCUT2D eigenvalue weighted by molar-refractivity contribution is 7.12. The van der Waals surface area contributed by atoms with Gasteiger partial charge in [-0.25, -0.2) is 4.98 Å². The Hall–Kier alpha value is -1.66. The molecule has 0 fully saturated rings. The first-order valence-electron chi connectivity index (χ1n) is 7.01. The van der Waals surface area contributed by atoms with Crippen LogP contribution in [0.15, 0.2) is 17.6 Å². The standard InChI is InChI=1S/C15H19N3O2S/c1-10-4-7-21-13(10)15(19)17-5-6-18-12(9-20-3)8-16-14(18)11(17)2/h4,7-8,11H,5-6,9H2,1-3H3. The van der Waals surface area contributed by atoms with Crippen molar-refractivity contribution in [2.24, 2.45) is 0 Å². The van der Waals surface area contributed by atoms with Crippen LogP contribution in [0, 0.1) is 6.92 Å². The van der Waals surface area contributed by atoms with Crippen molar-refractivity contribution < 1.29 is 9.53 Å². The zero-order valence-corrected chi connectivity index (χ0v) is 13.3. The predicted octanol–water partition coefficient (Wildman–Crippen LogP) is 2.62. The topological polar surface area (TPSA) is 47.4 Å². The average Bonchev–Trinajstić information content (AvgIpc) is 3.06. The van der Waals surface area contributed by atoms with Crippen molar-refractivity contribution in [1.29, 1.82) is 0 Å². The summed E-state index contributed by atoms with van der Waals surface area (Å²) in [4.78, 5) is 19.9. The highest BCUT2D eigenvalue weighted by atomic mass is 32.1. The van der Waals surface area contributed by atoms with Crippen LogP contribution in [0.4, 0.5) is 0 Å². The van der Waals surface area contributed by atoms with E-state index in [4.69, 9.17) is 4.74 Å². The fourth-order valence-corrected chi connectivity index (χ4v) is 3.70. The first-order chi connectivity index (χ1) is 10.1. The molecule has 1 aliphatic heterocycles. The largest absolute Gasteiger partial charge is 0.378 e. The number of ether oxygens (including phenoxy) is 1. The molecule has 112 valence electrons. The molecule has 3 rings (SSSR count). The second-order valence-electron chi connectivity index (χ2n) is 5.30. The molecule has 1 aliphatic rings. The van der Waals surface area contributed by atoms with Crippen molar-refractivity contribution in [1.82, 2.24) is 14.5 Å². The Morgan fingerprint density at radius 2 is 2.33 bits per heavy atom. The summed E-state index contributed by atoms with van der Waals surface area (Å²) in [6, 6.07) is 1.97. The van der Waals surface area contributed by atoms with E-state index in [1.54, 1.807) is 7.11 Å². The van der Waals surface area contributed by atoms with E-state index >= 15 is 0 Å². The van der Waals surface area contributed by atoms with Crippen LogP contribution in [0.5, 0.6) is 0 Å². The van der Waals surface area contributed by atoms with Gasteiger partial charge >= 0.3 is 0 Å². The molecule has 5 nitrogen and oxygen atoms in total. The van der Waals surface area contributed by atoms with Crippen molar-refractivity contribution in [3.8, 4) is 0 Å². The molecule has 0 bridgehead atoms. The summed E-state index contributed by atoms with van der Waals surface area (Å²) >= 11 is 1.51. The summed E-state index contributed by atoms with van der Waals surface area (Å²) in [5.74, 6) is 1.05. The van der Waals surface area contributed by atoms with Gasteiger partial charge in [0.25, 0.3) is 5.91 Å². The first kappa shape index (κ1) is 14.3. The van der Waals surface area contributed by atoms with Crippen molar-refractivity contribution in [3.05, 3.63) is 39.6 Å². The first-order valence-corrected chi connectivity index (χ1v) is 7.89. The van der Waals surface area contributed by atoms with Gasteiger partial charge in [-0.1, -0.05) is 0 Å². The summed E-state index contributed by atoms with van der Waals surface area (Å²) in [5.41, 5.74) is 2.12. The number of hydrogen-bond donors (Lipinski definition) is 0. The van der Waals surface area contributed by atoms with Gasteiger partial charge < -0.3 is 14.2 Å². The fraction of sp³-hybridized carbons (Fsp3) is 0.467. The molecular formula is C15H19N3O2S. The maximum Gasteiger partial charge on any atom is 0.264 e. The van der Waals surface area contributed by atoms with E-state index < -0.39 is 0 Å². The Labute approximate surface area is 128 Å². The smallest absolute Gasteiger partial charge is 0.264 e. The maximum absolute atomic E-state index is 12.7. The Kier molecular flexibility index (Phi) is 3.82. The Bertz CT molecular complexity index is 662. The van der Waals surface area contributed by atoms with Gasteiger partial charge in [-0.2, -0.15) is 0 Å². The molecule has 0 spiro atoms. The number of carbonyl (C=O) groups excluding carboxylic acids is 1. The quantitative estimate of drug-likeness (QED) is 0.876. The lowest BCUT2D eigenvalue weighted by Crippen LogP contribution is -2.41. The molecule has 2 aromatic heterocycles. The molecule has 0 saturated heterocycles. The van der Waals surface area contributed by atoms with Gasteiger partial charge in [0.05, 0.1) is 29.4 Å². The normalized spacial score (nSPS) is 17.9. The molecule has 1 unspecified atom stereocenters. The highest BCUT2D eigenvalue weighted by Gasteiger charge is 2.31. The van der Waals surface area contributed by atoms with Crippen LogP contribution in [0.2, 0.25) is 0 Å². The second-order valence-corrected chi connectivity index (χ2v) is 6.22. The number of thiophene rings is 1. The third-order valence-corrected chi connectivity index (χ3v) is 4.99. The number of amides is 1. The maximum atomic E-state index is 12.7. The number of carbonyl (C=O) groups is 1. The van der Waals surface area contributed by atoms with Crippen LogP contribution in [-0.4, -0.2) is 34.0 Å². The van der Waals surface area contributed by atoms with Gasteiger partial charge in [0.1, 0.15) is 5.82 Å². The predicted molar refractivity (Wildman–Crippen MR) is 81.4 cm³/mol. The third-order valence-electron chi connectivity index (χ3n) is 3.98. The minimum atomic E-state index is -0.0154. The number of aromatic nitrogens is 2. The fourth-order valence-electron chi connectivity index (χ4n) is 2.82. The number of rotatable bonds is 3. The van der Waals surface area contributed by atoms with Gasteiger partial charge in [-0.3, -0.25) is 4.79 Å². The molecule has 21 heavy (non-hydrogen) atoms. The van der Waals surface area contributed by atoms with Crippen LogP contribution < -0.4 is 0 Å². The zero-order valence-electron chi connectivity index (χ0n) is 12.5. The summed E-state index contributed by atoms with van der Waals surface area (Å²) in [6.45, 7) is 6.05. The van der Waals surface area contributed by atoms with E-state index in [1.807, 2.05) is 36.4 Å². The third kappa shape index (κ3) is 2.38. The Morgan fingerprint density at radius 3 is 3.00 bits per heavy atom. The number of aryl methyl sites for hydroxylation is 1. The molecular weight excluding hydrogens is 286 g/mol. The lowest BCUT2D eigenvalue weighted by Gasteiger charge is -2.34. The van der Waals surface area contributed by atoms with Crippen LogP contribution in [0.25, 0.3) is 0 Å². The number of hydrogen-bond acceptors (Lipinski definition) is 4. The van der Waals surface area contributed by atoms with Crippen LogP contribution in [-0.2, 0) is 17.9 Å². The van der Waals surface area contributed by atoms with Gasteiger partial charge in [0, 0.05) is 20.2 Å². The van der Waals surface area contributed by atoms with Gasteiger partial charge in [0.15, 0.2) is 0 Å². The molecule has 1 amide bonds. The molecule has 0 N–H and O–H groups in total. The molecule has 6 heteroatoms. The molecule has 0 radical (unpaired) electrons. The second kappa shape index (κ2) is 5.61. The molecule has 2 aromatic rings. The van der Waals surface area contributed by atoms with E-state index in [1.165, 1.54) is 11.3 Å². The summed E-state index contributed by atoms with van der Waals surface area (Å²) in [5, 5.41) is 1.97. The van der Waals surface area contributed by atoms with Crippen LogP contribution >= 0.6 is 11.3 Å². The Morgan fingerprint density at radius 1 is 1.52 bits per heavy atom. The Balaban J connectivity index is 1.87. The number of nitrogens with zero attached hydrogens (tertiary/aromatic N) is 3. The molecule has 1 atom stereocenters. The SMILES string of the molecule is COCc1cnc2n1CCN(C(=O)c1sccc1C)C2C. The van der Waals surface area contributed by atoms with Crippen molar-refractivity contribution in [2.45, 2.75) is 33.0 Å². The van der Waals surface area contributed by atoms with Crippen molar-refractivity contribution in [2.75, 3.05) is 13.7 Å². The van der Waals surface area contributed by atoms with E-state index in [9.17, 15) is 4.79 Å². The van der Waals surface area contributed by atoms with Crippen molar-refractivity contribution in [3.63, 3.8) is 0 Å². The van der Waals surface area contributed by atoms with E-state index in [0.29, 0.717) is 13.2 Å². The minimum absolute atomic E-state index is 0.0154. The summed E-state index contributed by atoms with van der Waals surface area (Å²) in [6.07, 6.45) is 1.85. The van der Waals surface area contributed by atoms with E-state index in [0.717, 1.165) is 28.5 Å². The van der Waals surface area contributed by atoms with E-state index in [-0.39, 0.29) is 11.9 Å². The average molecular weight is 305 g/mol.